The number of aliphatic imine (C=N–C) groups is 1. The van der Waals surface area contributed by atoms with Crippen molar-refractivity contribution in [2.75, 3.05) is 13.3 Å². The van der Waals surface area contributed by atoms with Crippen molar-refractivity contribution in [2.45, 2.75) is 18.8 Å². The minimum atomic E-state index is -0.360. The maximum absolute atomic E-state index is 13.6. The van der Waals surface area contributed by atoms with Crippen molar-refractivity contribution in [3.05, 3.63) is 65.0 Å². The van der Waals surface area contributed by atoms with Gasteiger partial charge in [-0.2, -0.15) is 11.8 Å². The number of benzene rings is 1. The molecule has 4 nitrogen and oxygen atoms in total. The smallest absolute Gasteiger partial charge is 0.191 e. The van der Waals surface area contributed by atoms with E-state index in [9.17, 15) is 8.78 Å². The lowest BCUT2D eigenvalue weighted by Crippen LogP contribution is -2.36. The molecule has 0 aliphatic rings. The van der Waals surface area contributed by atoms with Gasteiger partial charge in [-0.1, -0.05) is 6.07 Å². The van der Waals surface area contributed by atoms with E-state index in [0.717, 1.165) is 16.9 Å². The van der Waals surface area contributed by atoms with Gasteiger partial charge >= 0.3 is 0 Å². The number of hydrogen-bond acceptors (Lipinski definition) is 3. The van der Waals surface area contributed by atoms with E-state index in [2.05, 4.69) is 20.6 Å². The van der Waals surface area contributed by atoms with Crippen molar-refractivity contribution in [1.29, 1.82) is 0 Å². The van der Waals surface area contributed by atoms with E-state index in [-0.39, 0.29) is 42.2 Å². The summed E-state index contributed by atoms with van der Waals surface area (Å²) in [7, 11) is 1.64. The molecule has 0 unspecified atom stereocenters. The van der Waals surface area contributed by atoms with Gasteiger partial charge in [0.25, 0.3) is 0 Å². The molecule has 136 valence electrons. The van der Waals surface area contributed by atoms with Crippen molar-refractivity contribution in [3.8, 4) is 0 Å². The van der Waals surface area contributed by atoms with Gasteiger partial charge in [0.05, 0.1) is 12.2 Å². The Morgan fingerprint density at radius 1 is 1.16 bits per heavy atom. The highest BCUT2D eigenvalue weighted by Gasteiger charge is 2.07. The highest BCUT2D eigenvalue weighted by Crippen LogP contribution is 2.16. The standard InChI is InChI=1S/C17H20F2N4S.HI/c1-20-17(23-10-16-15(19)4-3-7-21-16)22-9-12-5-6-14(18)8-13(12)11-24-2;/h3-8H,9-11H2,1-2H3,(H2,20,22,23);1H. The van der Waals surface area contributed by atoms with Gasteiger partial charge in [-0.05, 0) is 41.6 Å². The highest BCUT2D eigenvalue weighted by molar-refractivity contribution is 14.0. The number of aromatic nitrogens is 1. The monoisotopic (exact) mass is 478 g/mol. The van der Waals surface area contributed by atoms with Gasteiger partial charge in [0, 0.05) is 25.5 Å². The van der Waals surface area contributed by atoms with Crippen LogP contribution >= 0.6 is 35.7 Å². The molecule has 0 aliphatic heterocycles. The fraction of sp³-hybridized carbons (Fsp3) is 0.294. The molecule has 1 heterocycles. The Hall–Kier alpha value is -1.42. The summed E-state index contributed by atoms with van der Waals surface area (Å²) in [6, 6.07) is 7.67. The second kappa shape index (κ2) is 11.2. The number of nitrogens with one attached hydrogen (secondary N) is 2. The summed E-state index contributed by atoms with van der Waals surface area (Å²) >= 11 is 1.64. The van der Waals surface area contributed by atoms with Gasteiger partial charge in [0.2, 0.25) is 0 Å². The van der Waals surface area contributed by atoms with Gasteiger partial charge in [0.15, 0.2) is 5.96 Å². The van der Waals surface area contributed by atoms with Gasteiger partial charge in [-0.15, -0.1) is 24.0 Å². The van der Waals surface area contributed by atoms with E-state index in [1.54, 1.807) is 43.2 Å². The van der Waals surface area contributed by atoms with Crippen LogP contribution in [0.1, 0.15) is 16.8 Å². The van der Waals surface area contributed by atoms with E-state index in [0.29, 0.717) is 18.2 Å². The van der Waals surface area contributed by atoms with Crippen LogP contribution in [0.4, 0.5) is 8.78 Å². The number of rotatable bonds is 6. The first-order chi connectivity index (χ1) is 11.6. The largest absolute Gasteiger partial charge is 0.352 e. The van der Waals surface area contributed by atoms with Crippen LogP contribution < -0.4 is 10.6 Å². The average molecular weight is 478 g/mol. The van der Waals surface area contributed by atoms with E-state index < -0.39 is 0 Å². The van der Waals surface area contributed by atoms with E-state index in [1.807, 2.05) is 6.26 Å². The van der Waals surface area contributed by atoms with Crippen molar-refractivity contribution in [3.63, 3.8) is 0 Å². The summed E-state index contributed by atoms with van der Waals surface area (Å²) in [4.78, 5) is 8.09. The Morgan fingerprint density at radius 3 is 2.60 bits per heavy atom. The summed E-state index contributed by atoms with van der Waals surface area (Å²) in [5.74, 6) is 0.664. The Balaban J connectivity index is 0.00000312. The zero-order valence-corrected chi connectivity index (χ0v) is 17.2. The van der Waals surface area contributed by atoms with Gasteiger partial charge in [0.1, 0.15) is 11.6 Å². The average Bonchev–Trinajstić information content (AvgIpc) is 2.58. The van der Waals surface area contributed by atoms with Crippen molar-refractivity contribution in [2.24, 2.45) is 4.99 Å². The number of guanidine groups is 1. The molecule has 0 saturated heterocycles. The molecule has 25 heavy (non-hydrogen) atoms. The van der Waals surface area contributed by atoms with Crippen LogP contribution in [0, 0.1) is 11.6 Å². The number of nitrogens with zero attached hydrogens (tertiary/aromatic N) is 2. The molecule has 2 aromatic rings. The Morgan fingerprint density at radius 2 is 1.92 bits per heavy atom. The number of pyridine rings is 1. The summed E-state index contributed by atoms with van der Waals surface area (Å²) in [5, 5.41) is 6.17. The minimum Gasteiger partial charge on any atom is -0.352 e. The number of halogens is 3. The van der Waals surface area contributed by atoms with Gasteiger partial charge in [-0.3, -0.25) is 9.98 Å². The third-order valence-corrected chi connectivity index (χ3v) is 4.00. The highest BCUT2D eigenvalue weighted by atomic mass is 127. The van der Waals surface area contributed by atoms with E-state index in [1.165, 1.54) is 12.1 Å². The molecule has 1 aromatic heterocycles. The zero-order chi connectivity index (χ0) is 17.4. The molecule has 0 bridgehead atoms. The first kappa shape index (κ1) is 21.6. The Kier molecular flexibility index (Phi) is 9.73. The normalized spacial score (nSPS) is 11.0. The Bertz CT molecular complexity index is 713. The van der Waals surface area contributed by atoms with Crippen molar-refractivity contribution < 1.29 is 8.78 Å². The summed E-state index contributed by atoms with van der Waals surface area (Å²) in [6.45, 7) is 0.730. The van der Waals surface area contributed by atoms with Crippen LogP contribution in [0.5, 0.6) is 0 Å². The zero-order valence-electron chi connectivity index (χ0n) is 14.1. The summed E-state index contributed by atoms with van der Waals surface area (Å²) in [6.07, 6.45) is 3.52. The molecule has 2 N–H and O–H groups in total. The fourth-order valence-corrected chi connectivity index (χ4v) is 2.75. The molecule has 0 spiro atoms. The summed E-state index contributed by atoms with van der Waals surface area (Å²) in [5.41, 5.74) is 2.27. The molecule has 0 fully saturated rings. The van der Waals surface area contributed by atoms with Crippen LogP contribution in [0.3, 0.4) is 0 Å². The van der Waals surface area contributed by atoms with Crippen molar-refractivity contribution >= 4 is 41.7 Å². The lowest BCUT2D eigenvalue weighted by Gasteiger charge is -2.14. The van der Waals surface area contributed by atoms with Crippen LogP contribution in [0.2, 0.25) is 0 Å². The van der Waals surface area contributed by atoms with Crippen LogP contribution in [-0.2, 0) is 18.8 Å². The molecular formula is C17H21F2IN4S. The van der Waals surface area contributed by atoms with Crippen molar-refractivity contribution in [1.82, 2.24) is 15.6 Å². The second-order valence-electron chi connectivity index (χ2n) is 5.06. The molecule has 2 rings (SSSR count). The SMILES string of the molecule is CN=C(NCc1ccc(F)cc1CSC)NCc1ncccc1F.I. The third-order valence-electron chi connectivity index (χ3n) is 3.40. The minimum absolute atomic E-state index is 0. The molecular weight excluding hydrogens is 457 g/mol. The fourth-order valence-electron chi connectivity index (χ4n) is 2.17. The molecule has 0 atom stereocenters. The molecule has 0 amide bonds. The maximum atomic E-state index is 13.6. The quantitative estimate of drug-likeness (QED) is 0.378. The van der Waals surface area contributed by atoms with E-state index in [4.69, 9.17) is 0 Å². The number of thioether (sulfide) groups is 1. The number of hydrogen-bond donors (Lipinski definition) is 2. The molecule has 0 radical (unpaired) electrons. The Labute approximate surface area is 167 Å². The summed E-state index contributed by atoms with van der Waals surface area (Å²) < 4.78 is 26.9. The van der Waals surface area contributed by atoms with Crippen LogP contribution in [-0.4, -0.2) is 24.2 Å². The van der Waals surface area contributed by atoms with Gasteiger partial charge < -0.3 is 10.6 Å². The van der Waals surface area contributed by atoms with Crippen LogP contribution in [0.25, 0.3) is 0 Å². The lowest BCUT2D eigenvalue weighted by atomic mass is 10.1. The predicted octanol–water partition coefficient (Wildman–Crippen LogP) is 3.71. The first-order valence-electron chi connectivity index (χ1n) is 7.44. The third kappa shape index (κ3) is 6.77. The predicted molar refractivity (Wildman–Crippen MR) is 110 cm³/mol. The van der Waals surface area contributed by atoms with Crippen LogP contribution in [0.15, 0.2) is 41.5 Å². The van der Waals surface area contributed by atoms with Gasteiger partial charge in [-0.25, -0.2) is 8.78 Å². The molecule has 1 aromatic carbocycles. The van der Waals surface area contributed by atoms with E-state index >= 15 is 0 Å². The molecule has 0 saturated carbocycles. The lowest BCUT2D eigenvalue weighted by molar-refractivity contribution is 0.592. The first-order valence-corrected chi connectivity index (χ1v) is 8.83. The molecule has 0 aliphatic carbocycles. The maximum Gasteiger partial charge on any atom is 0.191 e. The second-order valence-corrected chi connectivity index (χ2v) is 5.92. The topological polar surface area (TPSA) is 49.3 Å². The molecule has 8 heteroatoms.